The van der Waals surface area contributed by atoms with Gasteiger partial charge in [0, 0.05) is 0 Å². The monoisotopic (exact) mass is 720 g/mol. The van der Waals surface area contributed by atoms with Crippen LogP contribution in [0, 0.1) is 10.7 Å². The van der Waals surface area contributed by atoms with E-state index < -0.39 is 29.9 Å². The first kappa shape index (κ1) is 37.5. The maximum atomic E-state index is 10.3. The minimum Gasteiger partial charge on any atom is -0.286 e. The second-order valence-corrected chi connectivity index (χ2v) is 21.5. The van der Waals surface area contributed by atoms with Crippen LogP contribution in [0.4, 0.5) is 0 Å². The summed E-state index contributed by atoms with van der Waals surface area (Å²) in [5, 5.41) is 0. The van der Waals surface area contributed by atoms with Crippen molar-refractivity contribution in [1.82, 2.24) is 0 Å². The fraction of sp³-hybridized carbons (Fsp3) is 0.526. The molecule has 0 saturated heterocycles. The summed E-state index contributed by atoms with van der Waals surface area (Å²) in [7, 11) is -3.72. The van der Waals surface area contributed by atoms with Gasteiger partial charge in [0.15, 0.2) is 0 Å². The molecule has 0 bridgehead atoms. The van der Waals surface area contributed by atoms with Gasteiger partial charge in [-0.25, -0.2) is 0 Å². The Kier molecular flexibility index (Phi) is 14.0. The van der Waals surface area contributed by atoms with E-state index in [2.05, 4.69) is 142 Å². The molecule has 0 aliphatic rings. The van der Waals surface area contributed by atoms with Crippen molar-refractivity contribution >= 4 is 29.9 Å². The van der Waals surface area contributed by atoms with Crippen molar-refractivity contribution in [1.29, 1.82) is 0 Å². The van der Waals surface area contributed by atoms with Crippen LogP contribution in [0.2, 0.25) is 0 Å². The van der Waals surface area contributed by atoms with Gasteiger partial charge >= 0.3 is 199 Å². The molecule has 3 aromatic carbocycles. The number of hydrogen-bond donors (Lipinski definition) is 1. The fourth-order valence-electron chi connectivity index (χ4n) is 4.67. The number of rotatable bonds is 10. The number of benzene rings is 3. The number of unbranched alkanes of at least 4 members (excludes halogenated alkanes) is 5. The van der Waals surface area contributed by atoms with Gasteiger partial charge in [0.05, 0.1) is 5.75 Å². The van der Waals surface area contributed by atoms with Crippen LogP contribution in [0.25, 0.3) is 0 Å². The van der Waals surface area contributed by atoms with Gasteiger partial charge < -0.3 is 0 Å². The van der Waals surface area contributed by atoms with Crippen LogP contribution in [0.3, 0.4) is 0 Å². The van der Waals surface area contributed by atoms with Gasteiger partial charge in [-0.15, -0.1) is 0 Å². The van der Waals surface area contributed by atoms with Crippen LogP contribution < -0.4 is 0 Å². The summed E-state index contributed by atoms with van der Waals surface area (Å²) in [5.41, 5.74) is 4.75. The number of halogens is 1. The molecule has 240 valence electrons. The molecular formula is C38H57IO3S. The van der Waals surface area contributed by atoms with Crippen molar-refractivity contribution < 1.29 is 13.0 Å². The molecule has 3 rings (SSSR count). The third-order valence-corrected chi connectivity index (χ3v) is 14.2. The summed E-state index contributed by atoms with van der Waals surface area (Å²) in [5.74, 6) is -0.0842. The van der Waals surface area contributed by atoms with Crippen LogP contribution in [-0.4, -0.2) is 18.7 Å². The zero-order chi connectivity index (χ0) is 32.5. The van der Waals surface area contributed by atoms with E-state index in [-0.39, 0.29) is 22.0 Å². The van der Waals surface area contributed by atoms with E-state index in [9.17, 15) is 8.42 Å². The number of hydrogen-bond acceptors (Lipinski definition) is 2. The fourth-order valence-corrected chi connectivity index (χ4v) is 10.6. The topological polar surface area (TPSA) is 54.4 Å². The molecule has 0 aliphatic carbocycles. The van der Waals surface area contributed by atoms with E-state index in [4.69, 9.17) is 4.55 Å². The Bertz CT molecular complexity index is 1200. The van der Waals surface area contributed by atoms with Crippen molar-refractivity contribution in [3.05, 3.63) is 100 Å². The Morgan fingerprint density at radius 3 is 1.05 bits per heavy atom. The normalized spacial score (nSPS) is 12.9. The van der Waals surface area contributed by atoms with Gasteiger partial charge in [0.1, 0.15) is 0 Å². The third kappa shape index (κ3) is 13.1. The van der Waals surface area contributed by atoms with Crippen molar-refractivity contribution in [2.45, 2.75) is 124 Å². The maximum absolute atomic E-state index is 10.3. The van der Waals surface area contributed by atoms with Crippen LogP contribution in [-0.2, 0) is 26.4 Å². The molecule has 0 spiro atoms. The minimum atomic E-state index is -3.72. The largest absolute Gasteiger partial charge is 0.286 e. The van der Waals surface area contributed by atoms with E-state index in [0.29, 0.717) is 6.42 Å². The molecule has 0 saturated carbocycles. The Labute approximate surface area is 271 Å². The molecule has 0 aromatic heterocycles. The van der Waals surface area contributed by atoms with E-state index in [1.807, 2.05) is 0 Å². The molecule has 43 heavy (non-hydrogen) atoms. The molecule has 0 atom stereocenters. The van der Waals surface area contributed by atoms with Crippen LogP contribution in [0.5, 0.6) is 0 Å². The zero-order valence-corrected chi connectivity index (χ0v) is 31.4. The van der Waals surface area contributed by atoms with Crippen molar-refractivity contribution in [2.75, 3.05) is 5.75 Å². The molecule has 0 fully saturated rings. The van der Waals surface area contributed by atoms with E-state index >= 15 is 0 Å². The SMILES string of the molecule is CC(C)(C)c1ccc(I(c2ccc(C(C)(C)C)cc2)c2ccc(C(C)(C)C)cc2)cc1.CCCCCCCCS(=O)(=O)O. The summed E-state index contributed by atoms with van der Waals surface area (Å²) in [4.78, 5) is 0. The first-order chi connectivity index (χ1) is 19.8. The Morgan fingerprint density at radius 1 is 0.512 bits per heavy atom. The van der Waals surface area contributed by atoms with Gasteiger partial charge in [0.25, 0.3) is 10.1 Å². The second-order valence-electron chi connectivity index (χ2n) is 14.6. The average molecular weight is 721 g/mol. The van der Waals surface area contributed by atoms with Gasteiger partial charge in [-0.3, -0.25) is 4.55 Å². The van der Waals surface area contributed by atoms with E-state index in [0.717, 1.165) is 12.8 Å². The molecular weight excluding hydrogens is 663 g/mol. The summed E-state index contributed by atoms with van der Waals surface area (Å²) >= 11 is -1.76. The molecule has 5 heteroatoms. The van der Waals surface area contributed by atoms with Gasteiger partial charge in [0.2, 0.25) is 0 Å². The quantitative estimate of drug-likeness (QED) is 0.129. The molecule has 3 nitrogen and oxygen atoms in total. The van der Waals surface area contributed by atoms with Gasteiger partial charge in [-0.2, -0.15) is 8.42 Å². The Hall–Kier alpha value is -1.70. The molecule has 0 heterocycles. The minimum absolute atomic E-state index is 0.0842. The third-order valence-electron chi connectivity index (χ3n) is 7.54. The van der Waals surface area contributed by atoms with Crippen LogP contribution in [0.1, 0.15) is 124 Å². The molecule has 0 radical (unpaired) electrons. The summed E-state index contributed by atoms with van der Waals surface area (Å²) in [6.45, 7) is 22.7. The summed E-state index contributed by atoms with van der Waals surface area (Å²) in [6, 6.07) is 28.4. The van der Waals surface area contributed by atoms with Crippen molar-refractivity contribution in [3.8, 4) is 0 Å². The first-order valence-corrected chi connectivity index (χ1v) is 20.6. The molecule has 0 unspecified atom stereocenters. The molecule has 0 amide bonds. The zero-order valence-electron chi connectivity index (χ0n) is 28.4. The predicted molar refractivity (Wildman–Crippen MR) is 195 cm³/mol. The predicted octanol–water partition coefficient (Wildman–Crippen LogP) is 11.2. The molecule has 3 aromatic rings. The van der Waals surface area contributed by atoms with Crippen molar-refractivity contribution in [3.63, 3.8) is 0 Å². The average Bonchev–Trinajstić information content (AvgIpc) is 2.90. The maximum Gasteiger partial charge on any atom is 0.264 e. The Balaban J connectivity index is 0.000000455. The van der Waals surface area contributed by atoms with Crippen molar-refractivity contribution in [2.24, 2.45) is 0 Å². The van der Waals surface area contributed by atoms with E-state index in [1.165, 1.54) is 46.7 Å². The van der Waals surface area contributed by atoms with Crippen LogP contribution >= 0.6 is 19.8 Å². The van der Waals surface area contributed by atoms with Crippen LogP contribution in [0.15, 0.2) is 72.8 Å². The summed E-state index contributed by atoms with van der Waals surface area (Å²) in [6.07, 6.45) is 6.14. The first-order valence-electron chi connectivity index (χ1n) is 15.8. The molecule has 1 N–H and O–H groups in total. The Morgan fingerprint density at radius 2 is 0.791 bits per heavy atom. The molecule has 0 aliphatic heterocycles. The smallest absolute Gasteiger partial charge is 0.264 e. The van der Waals surface area contributed by atoms with Gasteiger partial charge in [-0.1, -0.05) is 39.0 Å². The van der Waals surface area contributed by atoms with Gasteiger partial charge in [-0.05, 0) is 6.42 Å². The second kappa shape index (κ2) is 16.0. The standard InChI is InChI=1S/C30H39I.C8H18O3S/c1-28(2,3)22-10-16-25(17-11-22)31(26-18-12-23(13-19-26)29(4,5)6)27-20-14-24(15-21-27)30(7,8)9;1-2-3-4-5-6-7-8-12(9,10)11/h10-21H,1-9H3;2-8H2,1H3,(H,9,10,11). The summed E-state index contributed by atoms with van der Waals surface area (Å²) < 4.78 is 33.5. The van der Waals surface area contributed by atoms with E-state index in [1.54, 1.807) is 0 Å².